The van der Waals surface area contributed by atoms with Gasteiger partial charge in [-0.3, -0.25) is 4.79 Å². The Bertz CT molecular complexity index is 385. The number of esters is 1. The predicted molar refractivity (Wildman–Crippen MR) is 72.8 cm³/mol. The molecule has 0 aromatic rings. The highest BCUT2D eigenvalue weighted by molar-refractivity contribution is 5.87. The zero-order valence-electron chi connectivity index (χ0n) is 12.3. The molecule has 0 bridgehead atoms. The number of ether oxygens (including phenoxy) is 1. The normalized spacial score (nSPS) is 19.1. The van der Waals surface area contributed by atoms with Gasteiger partial charge in [-0.2, -0.15) is 5.10 Å². The number of carbonyl (C=O) groups excluding carboxylic acids is 2. The average Bonchev–Trinajstić information content (AvgIpc) is 2.62. The van der Waals surface area contributed by atoms with E-state index in [2.05, 4.69) is 10.4 Å². The van der Waals surface area contributed by atoms with Crippen molar-refractivity contribution in [1.82, 2.24) is 10.3 Å². The molecule has 1 N–H and O–H groups in total. The smallest absolute Gasteiger partial charge is 0.338 e. The lowest BCUT2D eigenvalue weighted by Crippen LogP contribution is -2.41. The molecule has 0 saturated heterocycles. The van der Waals surface area contributed by atoms with Crippen molar-refractivity contribution >= 4 is 17.7 Å². The van der Waals surface area contributed by atoms with E-state index in [0.29, 0.717) is 6.54 Å². The molecule has 1 aliphatic heterocycles. The van der Waals surface area contributed by atoms with Crippen LogP contribution in [-0.2, 0) is 9.53 Å². The molecule has 1 atom stereocenters. The van der Waals surface area contributed by atoms with Crippen LogP contribution in [0.2, 0.25) is 0 Å². The maximum atomic E-state index is 11.8. The van der Waals surface area contributed by atoms with E-state index in [-0.39, 0.29) is 24.6 Å². The van der Waals surface area contributed by atoms with E-state index in [4.69, 9.17) is 4.74 Å². The number of hydrogen-bond acceptors (Lipinski definition) is 4. The number of rotatable bonds is 3. The van der Waals surface area contributed by atoms with E-state index in [1.807, 2.05) is 13.8 Å². The van der Waals surface area contributed by atoms with Gasteiger partial charge in [0, 0.05) is 12.1 Å². The highest BCUT2D eigenvalue weighted by Gasteiger charge is 2.26. The van der Waals surface area contributed by atoms with Gasteiger partial charge in [0.15, 0.2) is 0 Å². The molecule has 19 heavy (non-hydrogen) atoms. The fourth-order valence-electron chi connectivity index (χ4n) is 1.68. The second-order valence-electron chi connectivity index (χ2n) is 5.85. The largest absolute Gasteiger partial charge is 0.463 e. The summed E-state index contributed by atoms with van der Waals surface area (Å²) >= 11 is 0. The van der Waals surface area contributed by atoms with E-state index in [1.54, 1.807) is 20.8 Å². The van der Waals surface area contributed by atoms with Crippen molar-refractivity contribution in [1.29, 1.82) is 0 Å². The van der Waals surface area contributed by atoms with Gasteiger partial charge >= 0.3 is 12.0 Å². The number of nitrogens with zero attached hydrogens (tertiary/aromatic N) is 2. The van der Waals surface area contributed by atoms with Gasteiger partial charge in [-0.05, 0) is 34.6 Å². The van der Waals surface area contributed by atoms with Crippen molar-refractivity contribution in [3.63, 3.8) is 0 Å². The summed E-state index contributed by atoms with van der Waals surface area (Å²) in [7, 11) is 0. The molecule has 6 nitrogen and oxygen atoms in total. The monoisotopic (exact) mass is 269 g/mol. The Morgan fingerprint density at radius 3 is 2.58 bits per heavy atom. The summed E-state index contributed by atoms with van der Waals surface area (Å²) in [5, 5.41) is 8.27. The van der Waals surface area contributed by atoms with E-state index >= 15 is 0 Å². The van der Waals surface area contributed by atoms with Gasteiger partial charge < -0.3 is 10.1 Å². The first-order valence-corrected chi connectivity index (χ1v) is 6.50. The third-order valence-electron chi connectivity index (χ3n) is 2.72. The lowest BCUT2D eigenvalue weighted by atomic mass is 9.97. The molecule has 108 valence electrons. The first-order valence-electron chi connectivity index (χ1n) is 6.50. The number of hydrogen-bond donors (Lipinski definition) is 1. The molecule has 0 spiro atoms. The lowest BCUT2D eigenvalue weighted by molar-refractivity contribution is -0.152. The average molecular weight is 269 g/mol. The van der Waals surface area contributed by atoms with Gasteiger partial charge in [0.1, 0.15) is 6.61 Å². The molecule has 0 fully saturated rings. The minimum absolute atomic E-state index is 0.0807. The maximum Gasteiger partial charge on any atom is 0.338 e. The summed E-state index contributed by atoms with van der Waals surface area (Å²) in [5.74, 6) is -0.273. The third-order valence-corrected chi connectivity index (χ3v) is 2.72. The van der Waals surface area contributed by atoms with Gasteiger partial charge in [-0.1, -0.05) is 0 Å². The Labute approximate surface area is 114 Å². The molecule has 0 radical (unpaired) electrons. The standard InChI is InChI=1S/C13H23N3O3/c1-9-8-10(2)16(15-9)12(18)14-6-7-19-11(17)13(3,4)5/h10H,6-8H2,1-5H3,(H,14,18). The van der Waals surface area contributed by atoms with Crippen LogP contribution in [0, 0.1) is 5.41 Å². The molecular formula is C13H23N3O3. The van der Waals surface area contributed by atoms with Crippen molar-refractivity contribution in [2.45, 2.75) is 47.1 Å². The second-order valence-corrected chi connectivity index (χ2v) is 5.85. The molecule has 6 heteroatoms. The van der Waals surface area contributed by atoms with Crippen molar-refractivity contribution in [2.75, 3.05) is 13.2 Å². The van der Waals surface area contributed by atoms with Crippen LogP contribution in [-0.4, -0.2) is 41.9 Å². The second kappa shape index (κ2) is 6.04. The van der Waals surface area contributed by atoms with Crippen LogP contribution >= 0.6 is 0 Å². The van der Waals surface area contributed by atoms with Gasteiger partial charge in [-0.15, -0.1) is 0 Å². The predicted octanol–water partition coefficient (Wildman–Crippen LogP) is 1.76. The molecule has 0 aromatic heterocycles. The summed E-state index contributed by atoms with van der Waals surface area (Å²) in [6.07, 6.45) is 0.798. The maximum absolute atomic E-state index is 11.8. The van der Waals surface area contributed by atoms with Crippen LogP contribution < -0.4 is 5.32 Å². The van der Waals surface area contributed by atoms with E-state index < -0.39 is 5.41 Å². The van der Waals surface area contributed by atoms with E-state index in [0.717, 1.165) is 12.1 Å². The van der Waals surface area contributed by atoms with Crippen LogP contribution in [0.15, 0.2) is 5.10 Å². The Hall–Kier alpha value is -1.59. The summed E-state index contributed by atoms with van der Waals surface area (Å²) in [6.45, 7) is 9.67. The quantitative estimate of drug-likeness (QED) is 0.627. The topological polar surface area (TPSA) is 71.0 Å². The Morgan fingerprint density at radius 2 is 2.11 bits per heavy atom. The molecule has 0 aliphatic carbocycles. The Balaban J connectivity index is 2.27. The van der Waals surface area contributed by atoms with E-state index in [1.165, 1.54) is 5.01 Å². The summed E-state index contributed by atoms with van der Waals surface area (Å²) < 4.78 is 5.06. The van der Waals surface area contributed by atoms with Crippen molar-refractivity contribution in [3.8, 4) is 0 Å². The third kappa shape index (κ3) is 4.54. The zero-order chi connectivity index (χ0) is 14.6. The molecule has 1 unspecified atom stereocenters. The molecule has 0 aromatic carbocycles. The highest BCUT2D eigenvalue weighted by atomic mass is 16.5. The van der Waals surface area contributed by atoms with Crippen LogP contribution in [0.4, 0.5) is 4.79 Å². The van der Waals surface area contributed by atoms with Crippen molar-refractivity contribution < 1.29 is 14.3 Å². The van der Waals surface area contributed by atoms with Gasteiger partial charge in [0.05, 0.1) is 18.0 Å². The van der Waals surface area contributed by atoms with Crippen LogP contribution in [0.3, 0.4) is 0 Å². The number of carbonyl (C=O) groups is 2. The van der Waals surface area contributed by atoms with Gasteiger partial charge in [0.2, 0.25) is 0 Å². The Morgan fingerprint density at radius 1 is 1.47 bits per heavy atom. The number of hydrazone groups is 1. The lowest BCUT2D eigenvalue weighted by Gasteiger charge is -2.19. The molecular weight excluding hydrogens is 246 g/mol. The molecule has 0 saturated carbocycles. The minimum Gasteiger partial charge on any atom is -0.463 e. The van der Waals surface area contributed by atoms with Crippen LogP contribution in [0.5, 0.6) is 0 Å². The number of amides is 2. The first kappa shape index (κ1) is 15.5. The Kier molecular flexibility index (Phi) is 4.91. The van der Waals surface area contributed by atoms with Crippen molar-refractivity contribution in [3.05, 3.63) is 0 Å². The first-order chi connectivity index (χ1) is 8.71. The fraction of sp³-hybridized carbons (Fsp3) is 0.769. The van der Waals surface area contributed by atoms with Gasteiger partial charge in [0.25, 0.3) is 0 Å². The van der Waals surface area contributed by atoms with Gasteiger partial charge in [-0.25, -0.2) is 9.80 Å². The molecule has 1 rings (SSSR count). The SMILES string of the molecule is CC1=NN(C(=O)NCCOC(=O)C(C)(C)C)C(C)C1. The molecule has 1 aliphatic rings. The van der Waals surface area contributed by atoms with E-state index in [9.17, 15) is 9.59 Å². The van der Waals surface area contributed by atoms with Crippen LogP contribution in [0.25, 0.3) is 0 Å². The number of nitrogens with one attached hydrogen (secondary N) is 1. The van der Waals surface area contributed by atoms with Crippen molar-refractivity contribution in [2.24, 2.45) is 10.5 Å². The summed E-state index contributed by atoms with van der Waals surface area (Å²) in [5.41, 5.74) is 0.427. The molecule has 2 amide bonds. The zero-order valence-corrected chi connectivity index (χ0v) is 12.3. The summed E-state index contributed by atoms with van der Waals surface area (Å²) in [4.78, 5) is 23.3. The fourth-order valence-corrected chi connectivity index (χ4v) is 1.68. The molecule has 1 heterocycles. The summed E-state index contributed by atoms with van der Waals surface area (Å²) in [6, 6.07) is -0.173. The number of urea groups is 1. The van der Waals surface area contributed by atoms with Crippen LogP contribution in [0.1, 0.15) is 41.0 Å². The minimum atomic E-state index is -0.519. The highest BCUT2D eigenvalue weighted by Crippen LogP contribution is 2.15.